The van der Waals surface area contributed by atoms with E-state index in [-0.39, 0.29) is 0 Å². The molecule has 1 aliphatic carbocycles. The first-order chi connectivity index (χ1) is 5.62. The van der Waals surface area contributed by atoms with Crippen LogP contribution in [-0.4, -0.2) is 4.98 Å². The summed E-state index contributed by atoms with van der Waals surface area (Å²) in [6.45, 7) is 4.37. The first-order valence-electron chi connectivity index (χ1n) is 4.18. The van der Waals surface area contributed by atoms with E-state index < -0.39 is 0 Å². The van der Waals surface area contributed by atoms with Crippen LogP contribution in [0.4, 0.5) is 0 Å². The second kappa shape index (κ2) is 2.81. The largest absolute Gasteiger partial charge is 0.245 e. The Morgan fingerprint density at radius 1 is 1.67 bits per heavy atom. The molecule has 1 fully saturated rings. The molecule has 0 bridgehead atoms. The lowest BCUT2D eigenvalue weighted by Crippen LogP contribution is -2.02. The smallest absolute Gasteiger partial charge is 0.107 e. The van der Waals surface area contributed by atoms with Crippen molar-refractivity contribution in [1.29, 1.82) is 0 Å². The van der Waals surface area contributed by atoms with Crippen LogP contribution in [0.25, 0.3) is 0 Å². The van der Waals surface area contributed by atoms with Gasteiger partial charge in [-0.05, 0) is 25.2 Å². The molecule has 0 aromatic carbocycles. The molecule has 1 unspecified atom stereocenters. The number of alkyl halides is 1. The Hall–Kier alpha value is 0.110. The van der Waals surface area contributed by atoms with E-state index in [1.807, 2.05) is 0 Å². The van der Waals surface area contributed by atoms with Gasteiger partial charge in [0.15, 0.2) is 0 Å². The van der Waals surface area contributed by atoms with Gasteiger partial charge in [0.2, 0.25) is 0 Å². The Kier molecular flexibility index (Phi) is 2.04. The zero-order valence-corrected chi connectivity index (χ0v) is 9.70. The van der Waals surface area contributed by atoms with Gasteiger partial charge in [-0.15, -0.1) is 11.3 Å². The van der Waals surface area contributed by atoms with Crippen molar-refractivity contribution in [3.8, 4) is 0 Å². The number of nitrogens with zero attached hydrogens (tertiary/aromatic N) is 1. The van der Waals surface area contributed by atoms with E-state index in [4.69, 9.17) is 0 Å². The molecule has 66 valence electrons. The average molecular weight is 246 g/mol. The third kappa shape index (κ3) is 1.44. The molecule has 2 rings (SSSR count). The van der Waals surface area contributed by atoms with Crippen molar-refractivity contribution in [1.82, 2.24) is 4.98 Å². The molecule has 1 aliphatic rings. The number of halogens is 1. The van der Waals surface area contributed by atoms with Crippen molar-refractivity contribution >= 4 is 27.3 Å². The molecule has 3 heteroatoms. The standard InChI is InChI=1S/C9H12BrNS/c1-6-5-12-8(11-6)7(10)9(2)3-4-9/h5,7H,3-4H2,1-2H3. The number of aryl methyl sites for hydroxylation is 1. The second-order valence-corrected chi connectivity index (χ2v) is 5.65. The van der Waals surface area contributed by atoms with Gasteiger partial charge in [0.25, 0.3) is 0 Å². The number of thiazole rings is 1. The van der Waals surface area contributed by atoms with E-state index in [1.54, 1.807) is 11.3 Å². The highest BCUT2D eigenvalue weighted by molar-refractivity contribution is 9.09. The molecule has 12 heavy (non-hydrogen) atoms. The van der Waals surface area contributed by atoms with Gasteiger partial charge in [0, 0.05) is 11.1 Å². The van der Waals surface area contributed by atoms with Crippen molar-refractivity contribution in [2.45, 2.75) is 31.5 Å². The van der Waals surface area contributed by atoms with Crippen molar-refractivity contribution in [2.75, 3.05) is 0 Å². The molecule has 0 spiro atoms. The highest BCUT2D eigenvalue weighted by Crippen LogP contribution is 2.58. The van der Waals surface area contributed by atoms with Crippen LogP contribution in [0.2, 0.25) is 0 Å². The Labute approximate surface area is 85.3 Å². The molecule has 0 radical (unpaired) electrons. The number of hydrogen-bond donors (Lipinski definition) is 0. The minimum atomic E-state index is 0.476. The normalized spacial score (nSPS) is 22.2. The molecule has 1 heterocycles. The van der Waals surface area contributed by atoms with Crippen molar-refractivity contribution in [2.24, 2.45) is 5.41 Å². The zero-order chi connectivity index (χ0) is 8.77. The van der Waals surface area contributed by atoms with Gasteiger partial charge in [-0.3, -0.25) is 0 Å². The SMILES string of the molecule is Cc1csc(C(Br)C2(C)CC2)n1. The van der Waals surface area contributed by atoms with Gasteiger partial charge in [0.05, 0.1) is 4.83 Å². The molecule has 0 N–H and O–H groups in total. The molecule has 0 saturated heterocycles. The predicted octanol–water partition coefficient (Wildman–Crippen LogP) is 3.69. The van der Waals surface area contributed by atoms with Gasteiger partial charge >= 0.3 is 0 Å². The molecule has 1 nitrogen and oxygen atoms in total. The highest BCUT2D eigenvalue weighted by atomic mass is 79.9. The Balaban J connectivity index is 2.19. The minimum absolute atomic E-state index is 0.476. The average Bonchev–Trinajstić information content (AvgIpc) is 2.62. The summed E-state index contributed by atoms with van der Waals surface area (Å²) in [4.78, 5) is 4.96. The lowest BCUT2D eigenvalue weighted by molar-refractivity contribution is 0.562. The van der Waals surface area contributed by atoms with Crippen LogP contribution in [-0.2, 0) is 0 Å². The lowest BCUT2D eigenvalue weighted by atomic mass is 10.1. The fraction of sp³-hybridized carbons (Fsp3) is 0.667. The van der Waals surface area contributed by atoms with Gasteiger partial charge in [-0.2, -0.15) is 0 Å². The topological polar surface area (TPSA) is 12.9 Å². The zero-order valence-electron chi connectivity index (χ0n) is 7.30. The molecule has 0 aliphatic heterocycles. The van der Waals surface area contributed by atoms with Crippen LogP contribution in [0.5, 0.6) is 0 Å². The van der Waals surface area contributed by atoms with E-state index in [0.29, 0.717) is 10.2 Å². The van der Waals surface area contributed by atoms with Crippen molar-refractivity contribution in [3.63, 3.8) is 0 Å². The molecule has 0 amide bonds. The summed E-state index contributed by atoms with van der Waals surface area (Å²) in [5.74, 6) is 0. The summed E-state index contributed by atoms with van der Waals surface area (Å²) < 4.78 is 0. The van der Waals surface area contributed by atoms with Crippen LogP contribution in [0.3, 0.4) is 0 Å². The van der Waals surface area contributed by atoms with Crippen molar-refractivity contribution in [3.05, 3.63) is 16.1 Å². The molecule has 1 aromatic rings. The van der Waals surface area contributed by atoms with Crippen LogP contribution in [0, 0.1) is 12.3 Å². The third-order valence-corrected chi connectivity index (χ3v) is 5.37. The molecule has 1 saturated carbocycles. The monoisotopic (exact) mass is 245 g/mol. The Morgan fingerprint density at radius 3 is 2.75 bits per heavy atom. The van der Waals surface area contributed by atoms with Crippen LogP contribution < -0.4 is 0 Å². The number of aromatic nitrogens is 1. The van der Waals surface area contributed by atoms with Crippen LogP contribution in [0.15, 0.2) is 5.38 Å². The van der Waals surface area contributed by atoms with Gasteiger partial charge in [-0.25, -0.2) is 4.98 Å². The maximum Gasteiger partial charge on any atom is 0.107 e. The fourth-order valence-corrected chi connectivity index (χ4v) is 3.07. The maximum atomic E-state index is 4.49. The van der Waals surface area contributed by atoms with E-state index in [9.17, 15) is 0 Å². The Morgan fingerprint density at radius 2 is 2.33 bits per heavy atom. The van der Waals surface area contributed by atoms with E-state index in [1.165, 1.54) is 17.8 Å². The molecule has 1 atom stereocenters. The molecule has 1 aromatic heterocycles. The minimum Gasteiger partial charge on any atom is -0.245 e. The van der Waals surface area contributed by atoms with Gasteiger partial charge < -0.3 is 0 Å². The predicted molar refractivity (Wildman–Crippen MR) is 55.9 cm³/mol. The summed E-state index contributed by atoms with van der Waals surface area (Å²) in [6.07, 6.45) is 2.67. The first-order valence-corrected chi connectivity index (χ1v) is 5.97. The fourth-order valence-electron chi connectivity index (χ4n) is 1.24. The van der Waals surface area contributed by atoms with E-state index >= 15 is 0 Å². The summed E-state index contributed by atoms with van der Waals surface area (Å²) in [6, 6.07) is 0. The quantitative estimate of drug-likeness (QED) is 0.725. The number of hydrogen-bond acceptors (Lipinski definition) is 2. The highest BCUT2D eigenvalue weighted by Gasteiger charge is 2.45. The maximum absolute atomic E-state index is 4.49. The second-order valence-electron chi connectivity index (χ2n) is 3.84. The van der Waals surface area contributed by atoms with Gasteiger partial charge in [0.1, 0.15) is 5.01 Å². The lowest BCUT2D eigenvalue weighted by Gasteiger charge is -2.13. The van der Waals surface area contributed by atoms with Crippen molar-refractivity contribution < 1.29 is 0 Å². The summed E-state index contributed by atoms with van der Waals surface area (Å²) in [5, 5.41) is 3.36. The van der Waals surface area contributed by atoms with Crippen LogP contribution >= 0.6 is 27.3 Å². The van der Waals surface area contributed by atoms with E-state index in [2.05, 4.69) is 40.1 Å². The molecular weight excluding hydrogens is 234 g/mol. The van der Waals surface area contributed by atoms with Crippen LogP contribution in [0.1, 0.15) is 35.3 Å². The summed E-state index contributed by atoms with van der Waals surface area (Å²) in [5.41, 5.74) is 1.63. The van der Waals surface area contributed by atoms with Gasteiger partial charge in [-0.1, -0.05) is 22.9 Å². The van der Waals surface area contributed by atoms with E-state index in [0.717, 1.165) is 5.69 Å². The first kappa shape index (κ1) is 8.70. The third-order valence-electron chi connectivity index (χ3n) is 2.50. The summed E-state index contributed by atoms with van der Waals surface area (Å²) >= 11 is 5.50. The number of rotatable bonds is 2. The Bertz CT molecular complexity index is 290. The molecular formula is C9H12BrNS. The summed E-state index contributed by atoms with van der Waals surface area (Å²) in [7, 11) is 0.